The molecule has 2 rings (SSSR count). The largest absolute Gasteiger partial charge is 0.741 e. The summed E-state index contributed by atoms with van der Waals surface area (Å²) in [4.78, 5) is 1.26. The smallest absolute Gasteiger partial charge is 0.485 e. The van der Waals surface area contributed by atoms with E-state index in [1.54, 1.807) is 12.1 Å². The second kappa shape index (κ2) is 9.12. The Hall–Kier alpha value is -1.71. The van der Waals surface area contributed by atoms with Gasteiger partial charge in [-0.3, -0.25) is 0 Å². The van der Waals surface area contributed by atoms with Gasteiger partial charge in [-0.15, -0.1) is 0 Å². The first-order valence-corrected chi connectivity index (χ1v) is 9.52. The molecule has 1 N–H and O–H groups in total. The average Bonchev–Trinajstić information content (AvgIpc) is 2.50. The Bertz CT molecular complexity index is 710. The molecule has 0 atom stereocenters. The molecule has 0 unspecified atom stereocenters. The third kappa shape index (κ3) is 8.28. The number of rotatable bonds is 4. The topological polar surface area (TPSA) is 77.4 Å². The second-order valence-electron chi connectivity index (χ2n) is 5.03. The molecule has 0 aliphatic rings. The van der Waals surface area contributed by atoms with Crippen LogP contribution >= 0.6 is 0 Å². The van der Waals surface area contributed by atoms with E-state index >= 15 is 0 Å². The summed E-state index contributed by atoms with van der Waals surface area (Å²) >= 11 is 1.31. The number of hydrogen-bond donors (Lipinski definition) is 1. The Morgan fingerprint density at radius 2 is 1.52 bits per heavy atom. The van der Waals surface area contributed by atoms with Gasteiger partial charge in [0.2, 0.25) is 0 Å². The molecular formula is C16H17F3O4S2. The fraction of sp³-hybridized carbons (Fsp3) is 0.250. The Morgan fingerprint density at radius 1 is 1.04 bits per heavy atom. The van der Waals surface area contributed by atoms with E-state index in [-0.39, 0.29) is 0 Å². The number of benzene rings is 2. The van der Waals surface area contributed by atoms with Crippen LogP contribution in [0.2, 0.25) is 0 Å². The summed E-state index contributed by atoms with van der Waals surface area (Å²) < 4.78 is 58.9. The summed E-state index contributed by atoms with van der Waals surface area (Å²) in [6, 6.07) is 16.2. The van der Waals surface area contributed by atoms with Crippen LogP contribution < -0.4 is 0 Å². The van der Waals surface area contributed by atoms with Gasteiger partial charge in [-0.2, -0.15) is 13.2 Å². The van der Waals surface area contributed by atoms with E-state index in [1.807, 2.05) is 12.1 Å². The standard InChI is InChI=1S/C15H16OS.CHF3O3S/c1-12-2-4-13(5-3-12)10-11-17-15-8-6-14(16)7-9-15;2-1(3,4)8(5,6)7/h2-9,16H,10-11H2,1H3;(H,5,6,7). The van der Waals surface area contributed by atoms with Crippen LogP contribution in [0.25, 0.3) is 0 Å². The molecule has 0 radical (unpaired) electrons. The highest BCUT2D eigenvalue weighted by Crippen LogP contribution is 2.20. The van der Waals surface area contributed by atoms with Crippen molar-refractivity contribution in [3.05, 3.63) is 59.7 Å². The Labute approximate surface area is 148 Å². The van der Waals surface area contributed by atoms with Gasteiger partial charge in [-0.25, -0.2) is 8.42 Å². The molecule has 0 heterocycles. The van der Waals surface area contributed by atoms with Gasteiger partial charge in [0.1, 0.15) is 11.5 Å². The molecule has 0 bridgehead atoms. The SMILES string of the molecule is Cc1ccc(CC[SH+]c2ccc(O)cc2)cc1.O=S(=O)([O-])C(F)(F)F. The van der Waals surface area contributed by atoms with Gasteiger partial charge in [0.25, 0.3) is 0 Å². The summed E-state index contributed by atoms with van der Waals surface area (Å²) in [5.41, 5.74) is -2.95. The van der Waals surface area contributed by atoms with Crippen LogP contribution in [0.15, 0.2) is 53.4 Å². The van der Waals surface area contributed by atoms with Crippen LogP contribution in [0.3, 0.4) is 0 Å². The first-order valence-electron chi connectivity index (χ1n) is 7.03. The van der Waals surface area contributed by atoms with Gasteiger partial charge in [-0.05, 0) is 36.8 Å². The first kappa shape index (κ1) is 21.3. The summed E-state index contributed by atoms with van der Waals surface area (Å²) in [5, 5.41) is 9.18. The second-order valence-corrected chi connectivity index (χ2v) is 7.68. The molecule has 0 spiro atoms. The number of phenols is 1. The maximum Gasteiger partial charge on any atom is 0.485 e. The zero-order valence-electron chi connectivity index (χ0n) is 13.2. The van der Waals surface area contributed by atoms with Crippen molar-refractivity contribution < 1.29 is 31.2 Å². The van der Waals surface area contributed by atoms with Crippen LogP contribution in [-0.2, 0) is 28.3 Å². The van der Waals surface area contributed by atoms with Gasteiger partial charge >= 0.3 is 5.51 Å². The number of thiol groups is 1. The quantitative estimate of drug-likeness (QED) is 0.374. The normalized spacial score (nSPS) is 11.6. The predicted molar refractivity (Wildman–Crippen MR) is 90.6 cm³/mol. The highest BCUT2D eigenvalue weighted by Gasteiger charge is 2.36. The van der Waals surface area contributed by atoms with E-state index in [0.29, 0.717) is 5.75 Å². The minimum Gasteiger partial charge on any atom is -0.741 e. The number of alkyl halides is 3. The van der Waals surface area contributed by atoms with Gasteiger partial charge in [0, 0.05) is 18.2 Å². The molecule has 0 aliphatic carbocycles. The molecule has 0 saturated heterocycles. The third-order valence-corrected chi connectivity index (χ3v) is 4.63. The summed E-state index contributed by atoms with van der Waals surface area (Å²) in [5.74, 6) is 1.45. The van der Waals surface area contributed by atoms with Crippen LogP contribution in [0, 0.1) is 6.92 Å². The Balaban J connectivity index is 0.000000333. The fourth-order valence-corrected chi connectivity index (χ4v) is 2.61. The summed E-state index contributed by atoms with van der Waals surface area (Å²) in [7, 11) is -6.09. The molecule has 0 aromatic heterocycles. The van der Waals surface area contributed by atoms with Gasteiger partial charge in [-0.1, -0.05) is 29.8 Å². The lowest BCUT2D eigenvalue weighted by Gasteiger charge is -2.08. The van der Waals surface area contributed by atoms with E-state index in [9.17, 15) is 18.3 Å². The number of hydrogen-bond acceptors (Lipinski definition) is 4. The van der Waals surface area contributed by atoms with Crippen molar-refractivity contribution in [2.75, 3.05) is 5.75 Å². The molecule has 0 saturated carbocycles. The third-order valence-electron chi connectivity index (χ3n) is 2.95. The fourth-order valence-electron chi connectivity index (χ4n) is 1.63. The first-order chi connectivity index (χ1) is 11.5. The molecule has 2 aromatic rings. The van der Waals surface area contributed by atoms with Gasteiger partial charge < -0.3 is 9.66 Å². The van der Waals surface area contributed by atoms with Gasteiger partial charge in [0.05, 0.1) is 0 Å². The van der Waals surface area contributed by atoms with Crippen molar-refractivity contribution in [1.29, 1.82) is 0 Å². The highest BCUT2D eigenvalue weighted by atomic mass is 32.2. The highest BCUT2D eigenvalue weighted by molar-refractivity contribution is 7.86. The zero-order valence-corrected chi connectivity index (χ0v) is 14.9. The van der Waals surface area contributed by atoms with Crippen molar-refractivity contribution in [3.63, 3.8) is 0 Å². The summed E-state index contributed by atoms with van der Waals surface area (Å²) in [6.45, 7) is 2.11. The molecule has 0 fully saturated rings. The minimum atomic E-state index is -6.09. The maximum absolute atomic E-state index is 10.7. The lowest BCUT2D eigenvalue weighted by atomic mass is 10.1. The van der Waals surface area contributed by atoms with Crippen molar-refractivity contribution >= 4 is 21.9 Å². The lowest BCUT2D eigenvalue weighted by Crippen LogP contribution is -2.21. The molecule has 4 nitrogen and oxygen atoms in total. The Kier molecular flexibility index (Phi) is 7.78. The molecule has 9 heteroatoms. The number of halogens is 3. The molecular weight excluding hydrogens is 377 g/mol. The van der Waals surface area contributed by atoms with E-state index in [2.05, 4.69) is 31.2 Å². The van der Waals surface area contributed by atoms with E-state index in [1.165, 1.54) is 27.8 Å². The lowest BCUT2D eigenvalue weighted by molar-refractivity contribution is -0.0517. The van der Waals surface area contributed by atoms with Crippen LogP contribution in [-0.4, -0.2) is 29.3 Å². The molecule has 2 aromatic carbocycles. The maximum atomic E-state index is 10.7. The van der Waals surface area contributed by atoms with Crippen molar-refractivity contribution in [2.45, 2.75) is 23.7 Å². The van der Waals surface area contributed by atoms with E-state index < -0.39 is 15.6 Å². The predicted octanol–water partition coefficient (Wildman–Crippen LogP) is 3.17. The number of aromatic hydroxyl groups is 1. The summed E-state index contributed by atoms with van der Waals surface area (Å²) in [6.07, 6.45) is 1.10. The average molecular weight is 394 g/mol. The minimum absolute atomic E-state index is 0.336. The van der Waals surface area contributed by atoms with Crippen LogP contribution in [0.4, 0.5) is 13.2 Å². The zero-order chi connectivity index (χ0) is 19.1. The van der Waals surface area contributed by atoms with E-state index in [0.717, 1.165) is 12.2 Å². The Morgan fingerprint density at radius 3 is 1.96 bits per heavy atom. The molecule has 25 heavy (non-hydrogen) atoms. The van der Waals surface area contributed by atoms with Crippen molar-refractivity contribution in [2.24, 2.45) is 0 Å². The molecule has 0 aliphatic heterocycles. The van der Waals surface area contributed by atoms with E-state index in [4.69, 9.17) is 13.0 Å². The number of aryl methyl sites for hydroxylation is 2. The van der Waals surface area contributed by atoms with Crippen molar-refractivity contribution in [3.8, 4) is 5.75 Å². The van der Waals surface area contributed by atoms with Crippen LogP contribution in [0.1, 0.15) is 11.1 Å². The van der Waals surface area contributed by atoms with Gasteiger partial charge in [0.15, 0.2) is 15.0 Å². The van der Waals surface area contributed by atoms with Crippen molar-refractivity contribution in [1.82, 2.24) is 0 Å². The molecule has 138 valence electrons. The monoisotopic (exact) mass is 394 g/mol. The van der Waals surface area contributed by atoms with Crippen LogP contribution in [0.5, 0.6) is 5.75 Å². The molecule has 0 amide bonds. The number of phenolic OH excluding ortho intramolecular Hbond substituents is 1.